The van der Waals surface area contributed by atoms with Gasteiger partial charge >= 0.3 is 5.97 Å². The molecule has 1 aliphatic rings. The van der Waals surface area contributed by atoms with Gasteiger partial charge in [0.25, 0.3) is 0 Å². The SMILES string of the molecule is CC(C(=O)O)c1cccc2c(C3CC3)[nH]nc12. The van der Waals surface area contributed by atoms with Crippen molar-refractivity contribution in [3.63, 3.8) is 0 Å². The number of nitrogens with zero attached hydrogens (tertiary/aromatic N) is 1. The van der Waals surface area contributed by atoms with Crippen molar-refractivity contribution in [2.24, 2.45) is 0 Å². The van der Waals surface area contributed by atoms with Gasteiger partial charge in [0.2, 0.25) is 0 Å². The molecule has 2 N–H and O–H groups in total. The lowest BCUT2D eigenvalue weighted by Gasteiger charge is -2.06. The Balaban J connectivity index is 2.16. The maximum Gasteiger partial charge on any atom is 0.310 e. The number of carboxylic acid groups (broad SMARTS) is 1. The van der Waals surface area contributed by atoms with E-state index < -0.39 is 11.9 Å². The number of rotatable bonds is 3. The van der Waals surface area contributed by atoms with Crippen LogP contribution < -0.4 is 0 Å². The molecular weight excluding hydrogens is 216 g/mol. The van der Waals surface area contributed by atoms with Gasteiger partial charge in [0, 0.05) is 17.0 Å². The molecule has 0 saturated heterocycles. The second-order valence-corrected chi connectivity index (χ2v) is 4.71. The Kier molecular flexibility index (Phi) is 2.18. The van der Waals surface area contributed by atoms with Gasteiger partial charge < -0.3 is 5.11 Å². The molecule has 1 fully saturated rings. The molecule has 4 nitrogen and oxygen atoms in total. The van der Waals surface area contributed by atoms with Crippen LogP contribution in [-0.2, 0) is 4.79 Å². The highest BCUT2D eigenvalue weighted by atomic mass is 16.4. The maximum atomic E-state index is 11.1. The molecule has 1 unspecified atom stereocenters. The summed E-state index contributed by atoms with van der Waals surface area (Å²) in [7, 11) is 0. The molecule has 88 valence electrons. The van der Waals surface area contributed by atoms with E-state index in [0.717, 1.165) is 16.5 Å². The molecule has 0 amide bonds. The second-order valence-electron chi connectivity index (χ2n) is 4.71. The minimum atomic E-state index is -0.812. The Morgan fingerprint density at radius 3 is 2.94 bits per heavy atom. The van der Waals surface area contributed by atoms with Crippen LogP contribution in [0.15, 0.2) is 18.2 Å². The number of benzene rings is 1. The Hall–Kier alpha value is -1.84. The summed E-state index contributed by atoms with van der Waals surface area (Å²) in [5.74, 6) is -0.738. The normalized spacial score (nSPS) is 17.2. The number of carboxylic acids is 1. The van der Waals surface area contributed by atoms with Crippen molar-refractivity contribution in [2.45, 2.75) is 31.6 Å². The smallest absolute Gasteiger partial charge is 0.310 e. The summed E-state index contributed by atoms with van der Waals surface area (Å²) >= 11 is 0. The number of hydrogen-bond donors (Lipinski definition) is 2. The number of carbonyl (C=O) groups is 1. The topological polar surface area (TPSA) is 66.0 Å². The van der Waals surface area contributed by atoms with E-state index in [9.17, 15) is 4.79 Å². The quantitative estimate of drug-likeness (QED) is 0.851. The van der Waals surface area contributed by atoms with Crippen LogP contribution in [-0.4, -0.2) is 21.3 Å². The van der Waals surface area contributed by atoms with Gasteiger partial charge in [0.1, 0.15) is 0 Å². The van der Waals surface area contributed by atoms with E-state index >= 15 is 0 Å². The van der Waals surface area contributed by atoms with Gasteiger partial charge in [0.05, 0.1) is 11.4 Å². The van der Waals surface area contributed by atoms with E-state index in [1.165, 1.54) is 18.5 Å². The minimum Gasteiger partial charge on any atom is -0.481 e. The molecule has 1 atom stereocenters. The molecule has 2 aromatic rings. The summed E-state index contributed by atoms with van der Waals surface area (Å²) in [6.07, 6.45) is 2.41. The first-order valence-corrected chi connectivity index (χ1v) is 5.88. The molecule has 0 radical (unpaired) electrons. The molecule has 3 rings (SSSR count). The van der Waals surface area contributed by atoms with Crippen LogP contribution in [0.1, 0.15) is 42.9 Å². The molecule has 1 saturated carbocycles. The summed E-state index contributed by atoms with van der Waals surface area (Å²) in [4.78, 5) is 11.1. The van der Waals surface area contributed by atoms with Crippen molar-refractivity contribution in [1.29, 1.82) is 0 Å². The third-order valence-electron chi connectivity index (χ3n) is 3.47. The molecule has 1 heterocycles. The molecular formula is C13H14N2O2. The van der Waals surface area contributed by atoms with Crippen molar-refractivity contribution in [1.82, 2.24) is 10.2 Å². The van der Waals surface area contributed by atoms with Crippen LogP contribution in [0.4, 0.5) is 0 Å². The van der Waals surface area contributed by atoms with Crippen molar-refractivity contribution in [2.75, 3.05) is 0 Å². The predicted octanol–water partition coefficient (Wildman–Crippen LogP) is 2.63. The first-order chi connectivity index (χ1) is 8.18. The number of fused-ring (bicyclic) bond motifs is 1. The van der Waals surface area contributed by atoms with Gasteiger partial charge in [-0.3, -0.25) is 9.89 Å². The molecule has 0 bridgehead atoms. The largest absolute Gasteiger partial charge is 0.481 e. The zero-order chi connectivity index (χ0) is 12.0. The molecule has 4 heteroatoms. The first-order valence-electron chi connectivity index (χ1n) is 5.88. The van der Waals surface area contributed by atoms with Gasteiger partial charge in [-0.25, -0.2) is 0 Å². The van der Waals surface area contributed by atoms with E-state index in [2.05, 4.69) is 10.2 Å². The van der Waals surface area contributed by atoms with E-state index in [1.807, 2.05) is 18.2 Å². The van der Waals surface area contributed by atoms with Gasteiger partial charge in [-0.05, 0) is 25.3 Å². The van der Waals surface area contributed by atoms with Crippen molar-refractivity contribution in [3.8, 4) is 0 Å². The average molecular weight is 230 g/mol. The molecule has 0 spiro atoms. The number of para-hydroxylation sites is 1. The lowest BCUT2D eigenvalue weighted by molar-refractivity contribution is -0.138. The Labute approximate surface area is 98.6 Å². The minimum absolute atomic E-state index is 0.519. The number of aromatic nitrogens is 2. The summed E-state index contributed by atoms with van der Waals surface area (Å²) < 4.78 is 0. The number of nitrogens with one attached hydrogen (secondary N) is 1. The van der Waals surface area contributed by atoms with Gasteiger partial charge in [-0.2, -0.15) is 5.10 Å². The van der Waals surface area contributed by atoms with Crippen LogP contribution in [0.5, 0.6) is 0 Å². The monoisotopic (exact) mass is 230 g/mol. The molecule has 17 heavy (non-hydrogen) atoms. The second kappa shape index (κ2) is 3.58. The van der Waals surface area contributed by atoms with Gasteiger partial charge in [0.15, 0.2) is 0 Å². The lowest BCUT2D eigenvalue weighted by atomic mass is 9.98. The molecule has 1 aromatic heterocycles. The fourth-order valence-electron chi connectivity index (χ4n) is 2.25. The Morgan fingerprint density at radius 1 is 1.53 bits per heavy atom. The van der Waals surface area contributed by atoms with E-state index in [-0.39, 0.29) is 0 Å². The zero-order valence-electron chi connectivity index (χ0n) is 9.60. The van der Waals surface area contributed by atoms with Gasteiger partial charge in [-0.15, -0.1) is 0 Å². The Morgan fingerprint density at radius 2 is 2.29 bits per heavy atom. The van der Waals surface area contributed by atoms with E-state index in [0.29, 0.717) is 5.92 Å². The zero-order valence-corrected chi connectivity index (χ0v) is 9.60. The third-order valence-corrected chi connectivity index (χ3v) is 3.47. The Bertz CT molecular complexity index is 584. The van der Waals surface area contributed by atoms with Crippen LogP contribution in [0.3, 0.4) is 0 Å². The number of hydrogen-bond acceptors (Lipinski definition) is 2. The summed E-state index contributed by atoms with van der Waals surface area (Å²) in [5.41, 5.74) is 2.77. The molecule has 1 aromatic carbocycles. The summed E-state index contributed by atoms with van der Waals surface area (Å²) in [6.45, 7) is 1.70. The molecule has 1 aliphatic carbocycles. The molecule has 0 aliphatic heterocycles. The van der Waals surface area contributed by atoms with E-state index in [1.54, 1.807) is 6.92 Å². The predicted molar refractivity (Wildman–Crippen MR) is 64.1 cm³/mol. The fourth-order valence-corrected chi connectivity index (χ4v) is 2.25. The summed E-state index contributed by atoms with van der Waals surface area (Å²) in [6, 6.07) is 5.78. The first kappa shape index (κ1) is 10.3. The highest BCUT2D eigenvalue weighted by Crippen LogP contribution is 2.42. The standard InChI is InChI=1S/C13H14N2O2/c1-7(13(16)17)9-3-2-4-10-11(8-5-6-8)14-15-12(9)10/h2-4,7-8H,5-6H2,1H3,(H,14,15)(H,16,17). The summed E-state index contributed by atoms with van der Waals surface area (Å²) in [5, 5.41) is 17.5. The number of aliphatic carboxylic acids is 1. The van der Waals surface area contributed by atoms with Crippen LogP contribution in [0.25, 0.3) is 10.9 Å². The van der Waals surface area contributed by atoms with Crippen LogP contribution >= 0.6 is 0 Å². The number of H-pyrrole nitrogens is 1. The number of aromatic amines is 1. The fraction of sp³-hybridized carbons (Fsp3) is 0.385. The highest BCUT2D eigenvalue weighted by Gasteiger charge is 2.28. The van der Waals surface area contributed by atoms with Crippen molar-refractivity contribution < 1.29 is 9.90 Å². The third kappa shape index (κ3) is 1.60. The maximum absolute atomic E-state index is 11.1. The van der Waals surface area contributed by atoms with Crippen molar-refractivity contribution in [3.05, 3.63) is 29.5 Å². The van der Waals surface area contributed by atoms with Gasteiger partial charge in [-0.1, -0.05) is 18.2 Å². The van der Waals surface area contributed by atoms with Crippen molar-refractivity contribution >= 4 is 16.9 Å². The van der Waals surface area contributed by atoms with Crippen LogP contribution in [0, 0.1) is 0 Å². The van der Waals surface area contributed by atoms with E-state index in [4.69, 9.17) is 5.11 Å². The lowest BCUT2D eigenvalue weighted by Crippen LogP contribution is -2.07. The average Bonchev–Trinajstić information content (AvgIpc) is 3.07. The van der Waals surface area contributed by atoms with Crippen LogP contribution in [0.2, 0.25) is 0 Å². The highest BCUT2D eigenvalue weighted by molar-refractivity contribution is 5.89.